The van der Waals surface area contributed by atoms with Gasteiger partial charge in [-0.3, -0.25) is 4.79 Å². The second-order valence-electron chi connectivity index (χ2n) is 5.88. The van der Waals surface area contributed by atoms with Gasteiger partial charge < -0.3 is 13.8 Å². The van der Waals surface area contributed by atoms with E-state index in [9.17, 15) is 26.7 Å². The number of hydrogen-bond donors (Lipinski definition) is 1. The zero-order valence-corrected chi connectivity index (χ0v) is 16.2. The van der Waals surface area contributed by atoms with E-state index in [0.29, 0.717) is 5.56 Å². The lowest BCUT2D eigenvalue weighted by Gasteiger charge is -2.20. The summed E-state index contributed by atoms with van der Waals surface area (Å²) < 4.78 is 82.9. The van der Waals surface area contributed by atoms with Crippen LogP contribution in [-0.4, -0.2) is 18.6 Å². The number of nitrogens with one attached hydrogen (secondary N) is 1. The number of esters is 1. The molecule has 0 heterocycles. The highest BCUT2D eigenvalue weighted by Crippen LogP contribution is 2.40. The lowest BCUT2D eigenvalue weighted by Crippen LogP contribution is -2.25. The molecular formula is C18H17F5NO4P. The zero-order chi connectivity index (χ0) is 21.6. The van der Waals surface area contributed by atoms with Gasteiger partial charge in [0.25, 0.3) is 0 Å². The van der Waals surface area contributed by atoms with Crippen molar-refractivity contribution in [3.8, 4) is 5.75 Å². The Kier molecular flexibility index (Phi) is 8.31. The van der Waals surface area contributed by atoms with Crippen molar-refractivity contribution in [3.05, 3.63) is 65.0 Å². The predicted octanol–water partition coefficient (Wildman–Crippen LogP) is 4.75. The molecule has 0 aromatic heterocycles. The third kappa shape index (κ3) is 6.35. The molecule has 0 radical (unpaired) electrons. The standard InChI is InChI=1S/C18H17F5NO4P/c1-10(2)27-12(25)8-24-29(26-9-11-6-4-3-5-7-11)28-18-16(22)14(20)13(19)15(21)17(18)23/h3-7,10,24H,8-9H2,1-2H3. The van der Waals surface area contributed by atoms with Crippen molar-refractivity contribution in [2.75, 3.05) is 6.54 Å². The van der Waals surface area contributed by atoms with Crippen LogP contribution in [0, 0.1) is 29.1 Å². The summed E-state index contributed by atoms with van der Waals surface area (Å²) in [4.78, 5) is 11.7. The van der Waals surface area contributed by atoms with Gasteiger partial charge in [0.05, 0.1) is 12.7 Å². The molecule has 1 atom stereocenters. The molecule has 0 fully saturated rings. The van der Waals surface area contributed by atoms with Crippen LogP contribution in [0.2, 0.25) is 0 Å². The van der Waals surface area contributed by atoms with Gasteiger partial charge in [0, 0.05) is 0 Å². The Labute approximate surface area is 164 Å². The van der Waals surface area contributed by atoms with Crippen molar-refractivity contribution in [1.29, 1.82) is 0 Å². The molecule has 1 unspecified atom stereocenters. The van der Waals surface area contributed by atoms with Crippen LogP contribution in [0.4, 0.5) is 22.0 Å². The van der Waals surface area contributed by atoms with Crippen LogP contribution < -0.4 is 9.61 Å². The van der Waals surface area contributed by atoms with E-state index in [2.05, 4.69) is 5.09 Å². The monoisotopic (exact) mass is 437 g/mol. The Balaban J connectivity index is 2.19. The molecule has 2 aromatic rings. The van der Waals surface area contributed by atoms with Gasteiger partial charge in [-0.05, 0) is 19.4 Å². The van der Waals surface area contributed by atoms with E-state index in [0.717, 1.165) is 0 Å². The van der Waals surface area contributed by atoms with Crippen molar-refractivity contribution in [2.45, 2.75) is 26.6 Å². The second kappa shape index (κ2) is 10.5. The van der Waals surface area contributed by atoms with Crippen LogP contribution >= 0.6 is 8.53 Å². The van der Waals surface area contributed by atoms with E-state index in [1.807, 2.05) is 0 Å². The molecule has 0 aliphatic rings. The fraction of sp³-hybridized carbons (Fsp3) is 0.278. The van der Waals surface area contributed by atoms with Crippen LogP contribution in [-0.2, 0) is 20.7 Å². The molecule has 1 N–H and O–H groups in total. The smallest absolute Gasteiger partial charge is 0.320 e. The molecule has 29 heavy (non-hydrogen) atoms. The zero-order valence-electron chi connectivity index (χ0n) is 15.3. The number of halogens is 5. The molecule has 0 spiro atoms. The van der Waals surface area contributed by atoms with Gasteiger partial charge in [-0.25, -0.2) is 18.3 Å². The second-order valence-corrected chi connectivity index (χ2v) is 7.15. The molecule has 0 aliphatic carbocycles. The lowest BCUT2D eigenvalue weighted by molar-refractivity contribution is -0.145. The molecule has 5 nitrogen and oxygen atoms in total. The Morgan fingerprint density at radius 3 is 2.07 bits per heavy atom. The number of ether oxygens (including phenoxy) is 1. The summed E-state index contributed by atoms with van der Waals surface area (Å²) in [6.45, 7) is 2.62. The third-order valence-corrected chi connectivity index (χ3v) is 4.38. The van der Waals surface area contributed by atoms with Crippen LogP contribution in [0.5, 0.6) is 5.75 Å². The first-order valence-corrected chi connectivity index (χ1v) is 9.47. The highest BCUT2D eigenvalue weighted by molar-refractivity contribution is 7.45. The molecule has 0 saturated carbocycles. The maximum absolute atomic E-state index is 13.9. The fourth-order valence-corrected chi connectivity index (χ4v) is 3.05. The molecule has 0 bridgehead atoms. The number of benzene rings is 2. The first-order chi connectivity index (χ1) is 13.7. The Bertz CT molecular complexity index is 825. The normalized spacial score (nSPS) is 12.1. The van der Waals surface area contributed by atoms with Gasteiger partial charge in [0.1, 0.15) is 6.54 Å². The largest absolute Gasteiger partial charge is 0.462 e. The van der Waals surface area contributed by atoms with Crippen LogP contribution in [0.25, 0.3) is 0 Å². The van der Waals surface area contributed by atoms with Gasteiger partial charge in [0.2, 0.25) is 34.8 Å². The van der Waals surface area contributed by atoms with Crippen molar-refractivity contribution < 1.29 is 40.5 Å². The topological polar surface area (TPSA) is 56.8 Å². The maximum atomic E-state index is 13.9. The molecule has 0 saturated heterocycles. The molecule has 0 aliphatic heterocycles. The molecule has 2 aromatic carbocycles. The van der Waals surface area contributed by atoms with E-state index in [1.54, 1.807) is 44.2 Å². The maximum Gasteiger partial charge on any atom is 0.320 e. The molecule has 0 amide bonds. The quantitative estimate of drug-likeness (QED) is 0.202. The highest BCUT2D eigenvalue weighted by Gasteiger charge is 2.30. The Hall–Kier alpha value is -2.29. The first-order valence-electron chi connectivity index (χ1n) is 8.30. The van der Waals surface area contributed by atoms with E-state index >= 15 is 0 Å². The van der Waals surface area contributed by atoms with Crippen molar-refractivity contribution in [1.82, 2.24) is 5.09 Å². The lowest BCUT2D eigenvalue weighted by atomic mass is 10.2. The minimum Gasteiger partial charge on any atom is -0.462 e. The summed E-state index contributed by atoms with van der Waals surface area (Å²) in [7, 11) is -2.47. The van der Waals surface area contributed by atoms with Crippen molar-refractivity contribution >= 4 is 14.5 Å². The number of carbonyl (C=O) groups excluding carboxylic acids is 1. The summed E-state index contributed by atoms with van der Waals surface area (Å²) >= 11 is 0. The van der Waals surface area contributed by atoms with Gasteiger partial charge >= 0.3 is 14.5 Å². The summed E-state index contributed by atoms with van der Waals surface area (Å²) in [6.07, 6.45) is -0.420. The fourth-order valence-electron chi connectivity index (χ4n) is 1.99. The van der Waals surface area contributed by atoms with E-state index in [-0.39, 0.29) is 6.61 Å². The summed E-state index contributed by atoms with van der Waals surface area (Å²) in [6, 6.07) is 8.52. The SMILES string of the molecule is CC(C)OC(=O)CNP(OCc1ccccc1)Oc1c(F)c(F)c(F)c(F)c1F. The first kappa shape index (κ1) is 23.0. The van der Waals surface area contributed by atoms with Crippen LogP contribution in [0.15, 0.2) is 30.3 Å². The minimum absolute atomic E-state index is 0.117. The van der Waals surface area contributed by atoms with E-state index in [1.165, 1.54) is 0 Å². The highest BCUT2D eigenvalue weighted by atomic mass is 31.2. The van der Waals surface area contributed by atoms with Gasteiger partial charge in [-0.2, -0.15) is 8.78 Å². The third-order valence-electron chi connectivity index (χ3n) is 3.25. The molecule has 158 valence electrons. The van der Waals surface area contributed by atoms with Gasteiger partial charge in [0.15, 0.2) is 0 Å². The average molecular weight is 437 g/mol. The Morgan fingerprint density at radius 2 is 1.52 bits per heavy atom. The van der Waals surface area contributed by atoms with Gasteiger partial charge in [-0.15, -0.1) is 0 Å². The molecule has 2 rings (SSSR count). The predicted molar refractivity (Wildman–Crippen MR) is 94.2 cm³/mol. The summed E-state index contributed by atoms with van der Waals surface area (Å²) in [5.74, 6) is -13.2. The number of hydrogen-bond acceptors (Lipinski definition) is 5. The number of carbonyl (C=O) groups is 1. The summed E-state index contributed by atoms with van der Waals surface area (Å²) in [5.41, 5.74) is 0.646. The minimum atomic E-state index is -2.47. The van der Waals surface area contributed by atoms with E-state index < -0.39 is 62.0 Å². The number of rotatable bonds is 9. The van der Waals surface area contributed by atoms with Gasteiger partial charge in [-0.1, -0.05) is 30.3 Å². The van der Waals surface area contributed by atoms with Crippen molar-refractivity contribution in [2.24, 2.45) is 0 Å². The average Bonchev–Trinajstić information content (AvgIpc) is 2.70. The Morgan fingerprint density at radius 1 is 0.966 bits per heavy atom. The molecular weight excluding hydrogens is 420 g/mol. The van der Waals surface area contributed by atoms with E-state index in [4.69, 9.17) is 13.8 Å². The van der Waals surface area contributed by atoms with Crippen LogP contribution in [0.3, 0.4) is 0 Å². The van der Waals surface area contributed by atoms with Crippen molar-refractivity contribution in [3.63, 3.8) is 0 Å². The summed E-state index contributed by atoms with van der Waals surface area (Å²) in [5, 5.41) is 2.43. The molecule has 11 heteroatoms. The van der Waals surface area contributed by atoms with Crippen LogP contribution in [0.1, 0.15) is 19.4 Å².